The molecule has 3 rings (SSSR count). The van der Waals surface area contributed by atoms with E-state index in [2.05, 4.69) is 10.3 Å². The highest BCUT2D eigenvalue weighted by Crippen LogP contribution is 2.18. The molecular formula is C18H16FN3O3. The van der Waals surface area contributed by atoms with E-state index in [1.807, 2.05) is 18.2 Å². The largest absolute Gasteiger partial charge is 0.497 e. The fourth-order valence-corrected chi connectivity index (χ4v) is 2.30. The second kappa shape index (κ2) is 7.12. The van der Waals surface area contributed by atoms with Gasteiger partial charge >= 0.3 is 5.97 Å². The summed E-state index contributed by atoms with van der Waals surface area (Å²) in [5.41, 5.74) is 2.09. The van der Waals surface area contributed by atoms with Crippen molar-refractivity contribution in [2.45, 2.75) is 13.5 Å². The number of ether oxygens (including phenoxy) is 2. The van der Waals surface area contributed by atoms with E-state index in [1.165, 1.54) is 16.8 Å². The lowest BCUT2D eigenvalue weighted by Gasteiger charge is -2.06. The van der Waals surface area contributed by atoms with Crippen molar-refractivity contribution in [2.24, 2.45) is 0 Å². The van der Waals surface area contributed by atoms with E-state index in [4.69, 9.17) is 9.47 Å². The minimum absolute atomic E-state index is 0.0323. The molecule has 6 nitrogen and oxygen atoms in total. The Morgan fingerprint density at radius 2 is 1.96 bits per heavy atom. The lowest BCUT2D eigenvalue weighted by atomic mass is 10.2. The maximum Gasteiger partial charge on any atom is 0.361 e. The third-order valence-electron chi connectivity index (χ3n) is 3.67. The van der Waals surface area contributed by atoms with Crippen molar-refractivity contribution in [3.63, 3.8) is 0 Å². The van der Waals surface area contributed by atoms with Crippen LogP contribution in [0.1, 0.15) is 21.7 Å². The number of halogens is 1. The molecule has 25 heavy (non-hydrogen) atoms. The highest BCUT2D eigenvalue weighted by Gasteiger charge is 2.19. The summed E-state index contributed by atoms with van der Waals surface area (Å²) < 4.78 is 24.8. The second-order valence-electron chi connectivity index (χ2n) is 5.34. The molecular weight excluding hydrogens is 325 g/mol. The molecule has 7 heteroatoms. The monoisotopic (exact) mass is 341 g/mol. The van der Waals surface area contributed by atoms with Crippen molar-refractivity contribution in [3.8, 4) is 11.4 Å². The maximum atomic E-state index is 12.9. The smallest absolute Gasteiger partial charge is 0.361 e. The Balaban J connectivity index is 1.75. The molecule has 1 aromatic heterocycles. The van der Waals surface area contributed by atoms with Gasteiger partial charge in [-0.25, -0.2) is 13.9 Å². The summed E-state index contributed by atoms with van der Waals surface area (Å²) in [5, 5.41) is 7.92. The number of carbonyl (C=O) groups excluding carboxylic acids is 1. The van der Waals surface area contributed by atoms with Crippen molar-refractivity contribution >= 4 is 5.97 Å². The Morgan fingerprint density at radius 1 is 1.20 bits per heavy atom. The fraction of sp³-hybridized carbons (Fsp3) is 0.167. The van der Waals surface area contributed by atoms with Gasteiger partial charge < -0.3 is 9.47 Å². The van der Waals surface area contributed by atoms with Gasteiger partial charge in [0.05, 0.1) is 18.5 Å². The lowest BCUT2D eigenvalue weighted by Crippen LogP contribution is -2.08. The highest BCUT2D eigenvalue weighted by molar-refractivity contribution is 5.88. The zero-order chi connectivity index (χ0) is 17.8. The summed E-state index contributed by atoms with van der Waals surface area (Å²) in [4.78, 5) is 12.2. The summed E-state index contributed by atoms with van der Waals surface area (Å²) in [6, 6.07) is 13.0. The summed E-state index contributed by atoms with van der Waals surface area (Å²) in [7, 11) is 1.57. The minimum Gasteiger partial charge on any atom is -0.497 e. The lowest BCUT2D eigenvalue weighted by molar-refractivity contribution is 0.0464. The van der Waals surface area contributed by atoms with E-state index >= 15 is 0 Å². The third-order valence-corrected chi connectivity index (χ3v) is 3.67. The molecule has 0 spiro atoms. The van der Waals surface area contributed by atoms with E-state index in [1.54, 1.807) is 32.2 Å². The number of benzene rings is 2. The van der Waals surface area contributed by atoms with Gasteiger partial charge in [-0.1, -0.05) is 23.4 Å². The van der Waals surface area contributed by atoms with Crippen LogP contribution in [-0.2, 0) is 11.3 Å². The van der Waals surface area contributed by atoms with Crippen LogP contribution < -0.4 is 4.74 Å². The topological polar surface area (TPSA) is 66.2 Å². The first kappa shape index (κ1) is 16.6. The Kier molecular flexibility index (Phi) is 4.74. The van der Waals surface area contributed by atoms with Crippen LogP contribution >= 0.6 is 0 Å². The molecule has 0 saturated heterocycles. The molecule has 0 aliphatic carbocycles. The Bertz CT molecular complexity index is 891. The van der Waals surface area contributed by atoms with Crippen LogP contribution in [0.2, 0.25) is 0 Å². The van der Waals surface area contributed by atoms with E-state index in [-0.39, 0.29) is 18.1 Å². The van der Waals surface area contributed by atoms with Gasteiger partial charge in [0, 0.05) is 6.07 Å². The number of carbonyl (C=O) groups is 1. The Morgan fingerprint density at radius 3 is 2.68 bits per heavy atom. The number of esters is 1. The summed E-state index contributed by atoms with van der Waals surface area (Å²) >= 11 is 0. The molecule has 0 N–H and O–H groups in total. The van der Waals surface area contributed by atoms with Crippen LogP contribution in [0.4, 0.5) is 4.39 Å². The molecule has 0 saturated carbocycles. The van der Waals surface area contributed by atoms with Crippen LogP contribution in [-0.4, -0.2) is 28.1 Å². The van der Waals surface area contributed by atoms with Crippen molar-refractivity contribution in [2.75, 3.05) is 7.11 Å². The molecule has 0 bridgehead atoms. The molecule has 2 aromatic carbocycles. The predicted octanol–water partition coefficient (Wildman–Crippen LogP) is 3.08. The van der Waals surface area contributed by atoms with Crippen molar-refractivity contribution in [1.82, 2.24) is 15.0 Å². The number of nitrogens with zero attached hydrogens (tertiary/aromatic N) is 3. The predicted molar refractivity (Wildman–Crippen MR) is 88.2 cm³/mol. The van der Waals surface area contributed by atoms with Crippen LogP contribution in [0.5, 0.6) is 5.75 Å². The summed E-state index contributed by atoms with van der Waals surface area (Å²) in [6.07, 6.45) is 0. The van der Waals surface area contributed by atoms with Crippen LogP contribution in [0.3, 0.4) is 0 Å². The maximum absolute atomic E-state index is 12.9. The van der Waals surface area contributed by atoms with Gasteiger partial charge in [0.15, 0.2) is 5.69 Å². The Labute approximate surface area is 143 Å². The quantitative estimate of drug-likeness (QED) is 0.667. The van der Waals surface area contributed by atoms with E-state index in [9.17, 15) is 9.18 Å². The van der Waals surface area contributed by atoms with Gasteiger partial charge in [-0.3, -0.25) is 0 Å². The van der Waals surface area contributed by atoms with Crippen molar-refractivity contribution in [3.05, 3.63) is 71.3 Å². The molecule has 0 aliphatic heterocycles. The average Bonchev–Trinajstić information content (AvgIpc) is 3.02. The van der Waals surface area contributed by atoms with Gasteiger partial charge in [-0.05, 0) is 36.8 Å². The van der Waals surface area contributed by atoms with Gasteiger partial charge in [0.1, 0.15) is 18.2 Å². The number of rotatable bonds is 5. The van der Waals surface area contributed by atoms with Crippen LogP contribution in [0.15, 0.2) is 48.5 Å². The molecule has 0 atom stereocenters. The first-order valence-electron chi connectivity index (χ1n) is 7.57. The Hall–Kier alpha value is -3.22. The fourth-order valence-electron chi connectivity index (χ4n) is 2.30. The number of hydrogen-bond donors (Lipinski definition) is 0. The summed E-state index contributed by atoms with van der Waals surface area (Å²) in [6.45, 7) is 1.76. The summed E-state index contributed by atoms with van der Waals surface area (Å²) in [5.74, 6) is -0.254. The van der Waals surface area contributed by atoms with Gasteiger partial charge in [-0.15, -0.1) is 5.10 Å². The molecule has 0 radical (unpaired) electrons. The van der Waals surface area contributed by atoms with E-state index in [0.29, 0.717) is 17.0 Å². The zero-order valence-electron chi connectivity index (χ0n) is 13.8. The number of hydrogen-bond acceptors (Lipinski definition) is 5. The molecule has 1 heterocycles. The standard InChI is InChI=1S/C18H16FN3O3/c1-12-17(18(23)25-11-13-6-8-14(19)9-7-13)20-21-22(12)15-4-3-5-16(10-15)24-2/h3-10H,11H2,1-2H3. The van der Waals surface area contributed by atoms with Crippen molar-refractivity contribution in [1.29, 1.82) is 0 Å². The normalized spacial score (nSPS) is 10.5. The molecule has 3 aromatic rings. The first-order valence-corrected chi connectivity index (χ1v) is 7.57. The van der Waals surface area contributed by atoms with Gasteiger partial charge in [0.2, 0.25) is 0 Å². The highest BCUT2D eigenvalue weighted by atomic mass is 19.1. The van der Waals surface area contributed by atoms with E-state index < -0.39 is 5.97 Å². The zero-order valence-corrected chi connectivity index (χ0v) is 13.8. The first-order chi connectivity index (χ1) is 12.1. The average molecular weight is 341 g/mol. The molecule has 0 fully saturated rings. The van der Waals surface area contributed by atoms with Crippen molar-refractivity contribution < 1.29 is 18.7 Å². The molecule has 0 aliphatic rings. The molecule has 128 valence electrons. The van der Waals surface area contributed by atoms with E-state index in [0.717, 1.165) is 5.69 Å². The number of aromatic nitrogens is 3. The number of methoxy groups -OCH3 is 1. The minimum atomic E-state index is -0.587. The van der Waals surface area contributed by atoms with Crippen LogP contribution in [0.25, 0.3) is 5.69 Å². The molecule has 0 unspecified atom stereocenters. The van der Waals surface area contributed by atoms with Gasteiger partial charge in [-0.2, -0.15) is 0 Å². The third kappa shape index (κ3) is 3.65. The van der Waals surface area contributed by atoms with Crippen LogP contribution in [0, 0.1) is 12.7 Å². The van der Waals surface area contributed by atoms with Gasteiger partial charge in [0.25, 0.3) is 0 Å². The molecule has 0 amide bonds. The second-order valence-corrected chi connectivity index (χ2v) is 5.34. The SMILES string of the molecule is COc1cccc(-n2nnc(C(=O)OCc3ccc(F)cc3)c2C)c1.